The Labute approximate surface area is 124 Å². The number of hydrogen-bond donors (Lipinski definition) is 0. The number of benzene rings is 1. The Morgan fingerprint density at radius 1 is 1.17 bits per heavy atom. The molecule has 0 radical (unpaired) electrons. The van der Waals surface area contributed by atoms with Gasteiger partial charge in [0.2, 0.25) is 0 Å². The minimum Gasteiger partial charge on any atom is -0.497 e. The molecule has 0 heterocycles. The van der Waals surface area contributed by atoms with E-state index in [1.54, 1.807) is 14.2 Å². The quantitative estimate of drug-likeness (QED) is 0.774. The molecule has 2 rings (SSSR count). The van der Waals surface area contributed by atoms with E-state index in [-0.39, 0.29) is 6.10 Å². The lowest BCUT2D eigenvalue weighted by molar-refractivity contribution is 0.142. The average molecular weight is 374 g/mol. The molecule has 4 heteroatoms. The van der Waals surface area contributed by atoms with Crippen molar-refractivity contribution in [1.82, 2.24) is 0 Å². The SMILES string of the molecule is COc1cc(Br)cc(C2=CC(OC)CC(Br)=C2)c1. The van der Waals surface area contributed by atoms with Crippen molar-refractivity contribution in [2.75, 3.05) is 14.2 Å². The zero-order chi connectivity index (χ0) is 13.1. The summed E-state index contributed by atoms with van der Waals surface area (Å²) in [6.45, 7) is 0. The first kappa shape index (κ1) is 13.8. The highest BCUT2D eigenvalue weighted by molar-refractivity contribution is 9.11. The lowest BCUT2D eigenvalue weighted by Gasteiger charge is -2.18. The van der Waals surface area contributed by atoms with Crippen LogP contribution in [0.1, 0.15) is 12.0 Å². The van der Waals surface area contributed by atoms with Crippen LogP contribution in [0.5, 0.6) is 5.75 Å². The van der Waals surface area contributed by atoms with Crippen LogP contribution in [-0.2, 0) is 4.74 Å². The summed E-state index contributed by atoms with van der Waals surface area (Å²) in [6, 6.07) is 6.04. The summed E-state index contributed by atoms with van der Waals surface area (Å²) < 4.78 is 12.8. The van der Waals surface area contributed by atoms with Gasteiger partial charge in [-0.3, -0.25) is 0 Å². The Balaban J connectivity index is 2.41. The van der Waals surface area contributed by atoms with E-state index in [1.165, 1.54) is 0 Å². The molecular weight excluding hydrogens is 360 g/mol. The Bertz CT molecular complexity index is 507. The van der Waals surface area contributed by atoms with Crippen molar-refractivity contribution in [1.29, 1.82) is 0 Å². The van der Waals surface area contributed by atoms with Crippen molar-refractivity contribution in [2.24, 2.45) is 0 Å². The number of hydrogen-bond acceptors (Lipinski definition) is 2. The first-order chi connectivity index (χ1) is 8.62. The fourth-order valence-corrected chi connectivity index (χ4v) is 2.94. The van der Waals surface area contributed by atoms with Gasteiger partial charge >= 0.3 is 0 Å². The topological polar surface area (TPSA) is 18.5 Å². The second-order valence-electron chi connectivity index (χ2n) is 4.07. The average Bonchev–Trinajstić information content (AvgIpc) is 2.37. The second-order valence-corrected chi connectivity index (χ2v) is 6.01. The number of allylic oxidation sites excluding steroid dienone is 2. The molecular formula is C14H14Br2O2. The van der Waals surface area contributed by atoms with Crippen molar-refractivity contribution in [3.05, 3.63) is 44.9 Å². The zero-order valence-corrected chi connectivity index (χ0v) is 13.4. The number of rotatable bonds is 3. The summed E-state index contributed by atoms with van der Waals surface area (Å²) in [4.78, 5) is 0. The van der Waals surface area contributed by atoms with Gasteiger partial charge in [0.1, 0.15) is 5.75 Å². The lowest BCUT2D eigenvalue weighted by atomic mass is 9.98. The molecule has 0 aliphatic heterocycles. The Morgan fingerprint density at radius 3 is 2.61 bits per heavy atom. The largest absolute Gasteiger partial charge is 0.497 e. The molecule has 18 heavy (non-hydrogen) atoms. The maximum absolute atomic E-state index is 5.41. The van der Waals surface area contributed by atoms with Gasteiger partial charge in [-0.2, -0.15) is 0 Å². The van der Waals surface area contributed by atoms with Crippen LogP contribution in [0.15, 0.2) is 39.3 Å². The van der Waals surface area contributed by atoms with Crippen molar-refractivity contribution in [3.8, 4) is 5.75 Å². The van der Waals surface area contributed by atoms with Gasteiger partial charge in [-0.05, 0) is 46.0 Å². The summed E-state index contributed by atoms with van der Waals surface area (Å²) in [5.74, 6) is 0.837. The normalized spacial score (nSPS) is 19.2. The molecule has 0 saturated heterocycles. The van der Waals surface area contributed by atoms with Gasteiger partial charge in [-0.25, -0.2) is 0 Å². The standard InChI is InChI=1S/C14H14Br2O2/c1-17-13-5-9(3-11(15)7-13)10-4-12(16)8-14(6-10)18-2/h3-7,14H,8H2,1-2H3. The maximum atomic E-state index is 5.41. The van der Waals surface area contributed by atoms with Gasteiger partial charge < -0.3 is 9.47 Å². The highest BCUT2D eigenvalue weighted by Gasteiger charge is 2.15. The second kappa shape index (κ2) is 6.04. The van der Waals surface area contributed by atoms with E-state index in [4.69, 9.17) is 9.47 Å². The molecule has 96 valence electrons. The third-order valence-corrected chi connectivity index (χ3v) is 3.83. The molecule has 0 aromatic heterocycles. The molecule has 1 atom stereocenters. The highest BCUT2D eigenvalue weighted by Crippen LogP contribution is 2.32. The minimum absolute atomic E-state index is 0.115. The van der Waals surface area contributed by atoms with Crippen LogP contribution < -0.4 is 4.74 Å². The van der Waals surface area contributed by atoms with Crippen LogP contribution in [0, 0.1) is 0 Å². The van der Waals surface area contributed by atoms with Crippen LogP contribution in [0.25, 0.3) is 5.57 Å². The molecule has 0 saturated carbocycles. The zero-order valence-electron chi connectivity index (χ0n) is 10.2. The summed E-state index contributed by atoms with van der Waals surface area (Å²) in [7, 11) is 3.40. The molecule has 1 aliphatic rings. The molecule has 0 fully saturated rings. The van der Waals surface area contributed by atoms with E-state index in [1.807, 2.05) is 12.1 Å². The first-order valence-electron chi connectivity index (χ1n) is 5.58. The summed E-state index contributed by atoms with van der Waals surface area (Å²) >= 11 is 7.06. The summed E-state index contributed by atoms with van der Waals surface area (Å²) in [5, 5.41) is 0. The smallest absolute Gasteiger partial charge is 0.120 e. The number of methoxy groups -OCH3 is 2. The fourth-order valence-electron chi connectivity index (χ4n) is 1.91. The van der Waals surface area contributed by atoms with E-state index in [9.17, 15) is 0 Å². The predicted molar refractivity (Wildman–Crippen MR) is 81.1 cm³/mol. The predicted octanol–water partition coefficient (Wildman–Crippen LogP) is 4.54. The summed E-state index contributed by atoms with van der Waals surface area (Å²) in [6.07, 6.45) is 5.25. The molecule has 1 aromatic rings. The van der Waals surface area contributed by atoms with Crippen molar-refractivity contribution in [3.63, 3.8) is 0 Å². The molecule has 0 amide bonds. The van der Waals surface area contributed by atoms with Crippen LogP contribution in [-0.4, -0.2) is 20.3 Å². The third kappa shape index (κ3) is 3.25. The Hall–Kier alpha value is -0.580. The van der Waals surface area contributed by atoms with Crippen LogP contribution in [0.4, 0.5) is 0 Å². The van der Waals surface area contributed by atoms with Gasteiger partial charge in [-0.15, -0.1) is 0 Å². The maximum Gasteiger partial charge on any atom is 0.120 e. The molecule has 0 spiro atoms. The lowest BCUT2D eigenvalue weighted by Crippen LogP contribution is -2.10. The molecule has 1 unspecified atom stereocenters. The van der Waals surface area contributed by atoms with E-state index < -0.39 is 0 Å². The van der Waals surface area contributed by atoms with Gasteiger partial charge in [0.25, 0.3) is 0 Å². The van der Waals surface area contributed by atoms with Crippen LogP contribution in [0.2, 0.25) is 0 Å². The fraction of sp³-hybridized carbons (Fsp3) is 0.286. The van der Waals surface area contributed by atoms with Gasteiger partial charge in [0.15, 0.2) is 0 Å². The minimum atomic E-state index is 0.115. The van der Waals surface area contributed by atoms with E-state index in [0.717, 1.165) is 32.3 Å². The van der Waals surface area contributed by atoms with Crippen LogP contribution >= 0.6 is 31.9 Å². The van der Waals surface area contributed by atoms with Crippen molar-refractivity contribution >= 4 is 37.4 Å². The van der Waals surface area contributed by atoms with Crippen molar-refractivity contribution < 1.29 is 9.47 Å². The molecule has 1 aliphatic carbocycles. The van der Waals surface area contributed by atoms with Gasteiger partial charge in [0, 0.05) is 18.0 Å². The summed E-state index contributed by atoms with van der Waals surface area (Å²) in [5.41, 5.74) is 2.25. The van der Waals surface area contributed by atoms with Gasteiger partial charge in [-0.1, -0.05) is 31.9 Å². The molecule has 2 nitrogen and oxygen atoms in total. The van der Waals surface area contributed by atoms with E-state index >= 15 is 0 Å². The Morgan fingerprint density at radius 2 is 1.94 bits per heavy atom. The third-order valence-electron chi connectivity index (χ3n) is 2.82. The monoisotopic (exact) mass is 372 g/mol. The Kier molecular flexibility index (Phi) is 4.65. The van der Waals surface area contributed by atoms with Gasteiger partial charge in [0.05, 0.1) is 13.2 Å². The van der Waals surface area contributed by atoms with E-state index in [2.05, 4.69) is 50.1 Å². The number of halogens is 2. The number of ether oxygens (including phenoxy) is 2. The van der Waals surface area contributed by atoms with Crippen LogP contribution in [0.3, 0.4) is 0 Å². The van der Waals surface area contributed by atoms with E-state index in [0.29, 0.717) is 0 Å². The van der Waals surface area contributed by atoms with Crippen molar-refractivity contribution in [2.45, 2.75) is 12.5 Å². The first-order valence-corrected chi connectivity index (χ1v) is 7.16. The molecule has 0 N–H and O–H groups in total. The molecule has 0 bridgehead atoms. The highest BCUT2D eigenvalue weighted by atomic mass is 79.9. The molecule has 1 aromatic carbocycles.